The maximum absolute atomic E-state index is 4.95. The van der Waals surface area contributed by atoms with Gasteiger partial charge in [-0.1, -0.05) is 34.1 Å². The minimum absolute atomic E-state index is 0.701. The predicted molar refractivity (Wildman–Crippen MR) is 108 cm³/mol. The average Bonchev–Trinajstić information content (AvgIpc) is 3.12. The van der Waals surface area contributed by atoms with Gasteiger partial charge in [-0.3, -0.25) is 4.98 Å². The molecule has 4 aromatic rings. The van der Waals surface area contributed by atoms with Crippen molar-refractivity contribution in [3.05, 3.63) is 77.0 Å². The van der Waals surface area contributed by atoms with Crippen LogP contribution in [0.3, 0.4) is 0 Å². The lowest BCUT2D eigenvalue weighted by atomic mass is 10.1. The fraction of sp³-hybridized carbons (Fsp3) is 0.0952. The number of nitrogens with zero attached hydrogens (tertiary/aromatic N) is 4. The number of halogens is 1. The van der Waals surface area contributed by atoms with Crippen LogP contribution in [-0.4, -0.2) is 21.5 Å². The van der Waals surface area contributed by atoms with Crippen LogP contribution >= 0.6 is 15.9 Å². The molecule has 0 saturated carbocycles. The van der Waals surface area contributed by atoms with Gasteiger partial charge >= 0.3 is 0 Å². The molecule has 2 aromatic heterocycles. The van der Waals surface area contributed by atoms with Gasteiger partial charge in [0.05, 0.1) is 5.52 Å². The third-order valence-corrected chi connectivity index (χ3v) is 5.19. The van der Waals surface area contributed by atoms with Gasteiger partial charge in [-0.05, 0) is 48.4 Å². The zero-order valence-corrected chi connectivity index (χ0v) is 15.5. The summed E-state index contributed by atoms with van der Waals surface area (Å²) in [4.78, 5) is 16.2. The van der Waals surface area contributed by atoms with E-state index in [-0.39, 0.29) is 0 Å². The number of hydrogen-bond donors (Lipinski definition) is 0. The average molecular weight is 403 g/mol. The fourth-order valence-electron chi connectivity index (χ4n) is 3.47. The summed E-state index contributed by atoms with van der Waals surface area (Å²) in [6.07, 6.45) is 4.60. The van der Waals surface area contributed by atoms with Crippen molar-refractivity contribution in [3.8, 4) is 11.4 Å². The Morgan fingerprint density at radius 3 is 2.77 bits per heavy atom. The van der Waals surface area contributed by atoms with E-state index in [1.54, 1.807) is 6.20 Å². The summed E-state index contributed by atoms with van der Waals surface area (Å²) >= 11 is 3.59. The van der Waals surface area contributed by atoms with Crippen LogP contribution in [0.2, 0.25) is 0 Å². The van der Waals surface area contributed by atoms with Crippen molar-refractivity contribution in [2.24, 2.45) is 0 Å². The molecule has 3 heterocycles. The monoisotopic (exact) mass is 402 g/mol. The van der Waals surface area contributed by atoms with Gasteiger partial charge in [0.25, 0.3) is 0 Å². The zero-order chi connectivity index (χ0) is 17.5. The lowest BCUT2D eigenvalue weighted by molar-refractivity contribution is 0.976. The fourth-order valence-corrected chi connectivity index (χ4v) is 3.83. The smallest absolute Gasteiger partial charge is 0.163 e. The van der Waals surface area contributed by atoms with E-state index in [9.17, 15) is 0 Å². The first kappa shape index (κ1) is 15.5. The van der Waals surface area contributed by atoms with Gasteiger partial charge in [-0.25, -0.2) is 9.97 Å². The SMILES string of the molecule is Brc1ccc2nc(-c3cccnc3)nc(N3CCc4ccccc43)c2c1. The van der Waals surface area contributed by atoms with E-state index in [4.69, 9.17) is 9.97 Å². The molecule has 0 atom stereocenters. The van der Waals surface area contributed by atoms with Crippen LogP contribution in [-0.2, 0) is 6.42 Å². The van der Waals surface area contributed by atoms with Gasteiger partial charge in [0.15, 0.2) is 5.82 Å². The van der Waals surface area contributed by atoms with Gasteiger partial charge in [-0.15, -0.1) is 0 Å². The highest BCUT2D eigenvalue weighted by atomic mass is 79.9. The number of anilines is 2. The molecule has 4 nitrogen and oxygen atoms in total. The summed E-state index contributed by atoms with van der Waals surface area (Å²) in [5.41, 5.74) is 4.44. The van der Waals surface area contributed by atoms with Crippen LogP contribution in [0.1, 0.15) is 5.56 Å². The molecule has 5 rings (SSSR count). The molecule has 0 aliphatic carbocycles. The van der Waals surface area contributed by atoms with Gasteiger partial charge in [-0.2, -0.15) is 0 Å². The predicted octanol–water partition coefficient (Wildman–Crippen LogP) is 5.15. The van der Waals surface area contributed by atoms with Crippen molar-refractivity contribution in [3.63, 3.8) is 0 Å². The maximum atomic E-state index is 4.95. The largest absolute Gasteiger partial charge is 0.325 e. The van der Waals surface area contributed by atoms with Gasteiger partial charge < -0.3 is 4.90 Å². The van der Waals surface area contributed by atoms with E-state index in [0.717, 1.165) is 39.7 Å². The summed E-state index contributed by atoms with van der Waals surface area (Å²) in [5.74, 6) is 1.65. The van der Waals surface area contributed by atoms with Crippen molar-refractivity contribution >= 4 is 38.3 Å². The molecule has 0 unspecified atom stereocenters. The molecule has 0 bridgehead atoms. The Labute approximate surface area is 159 Å². The third kappa shape index (κ3) is 2.56. The Morgan fingerprint density at radius 1 is 0.962 bits per heavy atom. The highest BCUT2D eigenvalue weighted by Crippen LogP contribution is 2.38. The van der Waals surface area contributed by atoms with Crippen LogP contribution in [0.4, 0.5) is 11.5 Å². The number of fused-ring (bicyclic) bond motifs is 2. The second-order valence-electron chi connectivity index (χ2n) is 6.30. The summed E-state index contributed by atoms with van der Waals surface area (Å²) < 4.78 is 1.02. The number of para-hydroxylation sites is 1. The molecule has 1 aliphatic heterocycles. The summed E-state index contributed by atoms with van der Waals surface area (Å²) in [5, 5.41) is 1.05. The first-order valence-corrected chi connectivity index (χ1v) is 9.32. The van der Waals surface area contributed by atoms with Crippen molar-refractivity contribution in [2.45, 2.75) is 6.42 Å². The van der Waals surface area contributed by atoms with Crippen LogP contribution in [0, 0.1) is 0 Å². The normalized spacial score (nSPS) is 13.2. The first-order chi connectivity index (χ1) is 12.8. The summed E-state index contributed by atoms with van der Waals surface area (Å²) in [7, 11) is 0. The van der Waals surface area contributed by atoms with E-state index in [0.29, 0.717) is 5.82 Å². The minimum Gasteiger partial charge on any atom is -0.325 e. The molecule has 0 N–H and O–H groups in total. The lowest BCUT2D eigenvalue weighted by Crippen LogP contribution is -2.16. The Balaban J connectivity index is 1.77. The lowest BCUT2D eigenvalue weighted by Gasteiger charge is -2.21. The van der Waals surface area contributed by atoms with E-state index < -0.39 is 0 Å². The van der Waals surface area contributed by atoms with E-state index in [2.05, 4.69) is 56.1 Å². The molecular weight excluding hydrogens is 388 g/mol. The second-order valence-corrected chi connectivity index (χ2v) is 7.22. The van der Waals surface area contributed by atoms with E-state index in [1.165, 1.54) is 11.3 Å². The molecule has 5 heteroatoms. The highest BCUT2D eigenvalue weighted by molar-refractivity contribution is 9.10. The molecule has 1 aliphatic rings. The molecule has 126 valence electrons. The Hall–Kier alpha value is -2.79. The molecule has 26 heavy (non-hydrogen) atoms. The van der Waals surface area contributed by atoms with Crippen molar-refractivity contribution in [1.82, 2.24) is 15.0 Å². The van der Waals surface area contributed by atoms with Gasteiger partial charge in [0, 0.05) is 40.0 Å². The quantitative estimate of drug-likeness (QED) is 0.464. The van der Waals surface area contributed by atoms with Gasteiger partial charge in [0.1, 0.15) is 5.82 Å². The molecule has 0 radical (unpaired) electrons. The van der Waals surface area contributed by atoms with Crippen LogP contribution < -0.4 is 4.90 Å². The molecule has 2 aromatic carbocycles. The molecule has 0 spiro atoms. The second kappa shape index (κ2) is 6.18. The molecule has 0 amide bonds. The number of rotatable bonds is 2. The van der Waals surface area contributed by atoms with E-state index in [1.807, 2.05) is 30.5 Å². The van der Waals surface area contributed by atoms with Gasteiger partial charge in [0.2, 0.25) is 0 Å². The number of hydrogen-bond acceptors (Lipinski definition) is 4. The summed E-state index contributed by atoms with van der Waals surface area (Å²) in [6.45, 7) is 0.921. The summed E-state index contributed by atoms with van der Waals surface area (Å²) in [6, 6.07) is 18.6. The molecule has 0 saturated heterocycles. The minimum atomic E-state index is 0.701. The van der Waals surface area contributed by atoms with Crippen LogP contribution in [0.15, 0.2) is 71.5 Å². The highest BCUT2D eigenvalue weighted by Gasteiger charge is 2.24. The van der Waals surface area contributed by atoms with Crippen molar-refractivity contribution < 1.29 is 0 Å². The molecular formula is C21H15BrN4. The topological polar surface area (TPSA) is 41.9 Å². The third-order valence-electron chi connectivity index (χ3n) is 4.70. The van der Waals surface area contributed by atoms with Crippen LogP contribution in [0.5, 0.6) is 0 Å². The number of aromatic nitrogens is 3. The molecule has 0 fully saturated rings. The Morgan fingerprint density at radius 2 is 1.88 bits per heavy atom. The standard InChI is InChI=1S/C21H15BrN4/c22-16-7-8-18-17(12-16)21(25-20(24-18)15-5-3-10-23-13-15)26-11-9-14-4-1-2-6-19(14)26/h1-8,10,12-13H,9,11H2. The maximum Gasteiger partial charge on any atom is 0.163 e. The Kier molecular flexibility index (Phi) is 3.68. The van der Waals surface area contributed by atoms with Crippen LogP contribution in [0.25, 0.3) is 22.3 Å². The van der Waals surface area contributed by atoms with Crippen molar-refractivity contribution in [2.75, 3.05) is 11.4 Å². The zero-order valence-electron chi connectivity index (χ0n) is 13.9. The Bertz CT molecular complexity index is 1110. The first-order valence-electron chi connectivity index (χ1n) is 8.53. The van der Waals surface area contributed by atoms with Crippen molar-refractivity contribution in [1.29, 1.82) is 0 Å². The van der Waals surface area contributed by atoms with E-state index >= 15 is 0 Å². The number of pyridine rings is 1. The number of benzene rings is 2.